The predicted molar refractivity (Wildman–Crippen MR) is 72.2 cm³/mol. The smallest absolute Gasteiger partial charge is 0.329 e. The first-order chi connectivity index (χ1) is 8.99. The summed E-state index contributed by atoms with van der Waals surface area (Å²) >= 11 is 1.50. The molecule has 2 heterocycles. The van der Waals surface area contributed by atoms with Crippen LogP contribution in [0.3, 0.4) is 0 Å². The average molecular weight is 282 g/mol. The zero-order chi connectivity index (χ0) is 14.0. The van der Waals surface area contributed by atoms with Crippen LogP contribution >= 0.6 is 11.3 Å². The Morgan fingerprint density at radius 3 is 2.84 bits per heavy atom. The molecule has 1 N–H and O–H groups in total. The maximum atomic E-state index is 12.3. The third kappa shape index (κ3) is 2.49. The van der Waals surface area contributed by atoms with E-state index in [-0.39, 0.29) is 12.3 Å². The van der Waals surface area contributed by atoms with Crippen molar-refractivity contribution in [1.29, 1.82) is 0 Å². The van der Waals surface area contributed by atoms with Gasteiger partial charge in [0.25, 0.3) is 0 Å². The summed E-state index contributed by atoms with van der Waals surface area (Å²) in [5, 5.41) is 12.2. The number of carbonyl (C=O) groups is 2. The van der Waals surface area contributed by atoms with Crippen LogP contribution in [0, 0.1) is 6.92 Å². The molecule has 1 amide bonds. The van der Waals surface area contributed by atoms with Gasteiger partial charge < -0.3 is 10.0 Å². The normalized spacial score (nSPS) is 22.7. The van der Waals surface area contributed by atoms with Gasteiger partial charge in [0.05, 0.1) is 17.1 Å². The Balaban J connectivity index is 2.16. The van der Waals surface area contributed by atoms with E-state index in [2.05, 4.69) is 4.98 Å². The third-order valence-electron chi connectivity index (χ3n) is 3.77. The number of aliphatic carboxylic acids is 1. The summed E-state index contributed by atoms with van der Waals surface area (Å²) < 4.78 is 0. The van der Waals surface area contributed by atoms with Crippen LogP contribution in [0.4, 0.5) is 0 Å². The van der Waals surface area contributed by atoms with E-state index in [1.807, 2.05) is 19.2 Å². The Hall–Kier alpha value is -1.43. The first kappa shape index (κ1) is 14.0. The van der Waals surface area contributed by atoms with Crippen molar-refractivity contribution in [2.75, 3.05) is 6.54 Å². The highest BCUT2D eigenvalue weighted by molar-refractivity contribution is 7.09. The molecule has 1 unspecified atom stereocenters. The Morgan fingerprint density at radius 1 is 1.58 bits per heavy atom. The highest BCUT2D eigenvalue weighted by atomic mass is 32.1. The molecule has 1 aliphatic rings. The Morgan fingerprint density at radius 2 is 2.32 bits per heavy atom. The zero-order valence-corrected chi connectivity index (χ0v) is 12.0. The van der Waals surface area contributed by atoms with Gasteiger partial charge in [-0.2, -0.15) is 0 Å². The maximum absolute atomic E-state index is 12.3. The van der Waals surface area contributed by atoms with Gasteiger partial charge in [0.15, 0.2) is 0 Å². The second-order valence-corrected chi connectivity index (χ2v) is 5.94. The molecule has 1 fully saturated rings. The number of hydrogen-bond acceptors (Lipinski definition) is 4. The van der Waals surface area contributed by atoms with E-state index in [9.17, 15) is 14.7 Å². The van der Waals surface area contributed by atoms with E-state index in [0.717, 1.165) is 17.1 Å². The number of nitrogens with zero attached hydrogens (tertiary/aromatic N) is 2. The van der Waals surface area contributed by atoms with Crippen LogP contribution in [0.15, 0.2) is 5.38 Å². The number of hydrogen-bond donors (Lipinski definition) is 1. The standard InChI is InChI=1S/C13H18N2O3S/c1-3-13(12(17)18)5-4-6-15(13)11(16)7-10-8-19-9(2)14-10/h8H,3-7H2,1-2H3,(H,17,18). The van der Waals surface area contributed by atoms with Gasteiger partial charge in [-0.25, -0.2) is 9.78 Å². The zero-order valence-electron chi connectivity index (χ0n) is 11.2. The third-order valence-corrected chi connectivity index (χ3v) is 4.59. The highest BCUT2D eigenvalue weighted by Crippen LogP contribution is 2.33. The molecular formula is C13H18N2O3S. The number of carboxylic acids is 1. The first-order valence-electron chi connectivity index (χ1n) is 6.44. The van der Waals surface area contributed by atoms with Crippen molar-refractivity contribution in [3.8, 4) is 0 Å². The van der Waals surface area contributed by atoms with Crippen molar-refractivity contribution in [3.05, 3.63) is 16.1 Å². The summed E-state index contributed by atoms with van der Waals surface area (Å²) in [6.45, 7) is 4.25. The number of rotatable bonds is 4. The van der Waals surface area contributed by atoms with E-state index < -0.39 is 11.5 Å². The van der Waals surface area contributed by atoms with Crippen LogP contribution in [0.1, 0.15) is 36.9 Å². The minimum Gasteiger partial charge on any atom is -0.479 e. The molecule has 104 valence electrons. The minimum atomic E-state index is -1.01. The molecule has 1 atom stereocenters. The van der Waals surface area contributed by atoms with E-state index in [1.54, 1.807) is 0 Å². The molecule has 19 heavy (non-hydrogen) atoms. The fourth-order valence-electron chi connectivity index (χ4n) is 2.72. The van der Waals surface area contributed by atoms with Gasteiger partial charge in [-0.3, -0.25) is 4.79 Å². The molecule has 1 aliphatic heterocycles. The number of amides is 1. The highest BCUT2D eigenvalue weighted by Gasteiger charge is 2.48. The monoisotopic (exact) mass is 282 g/mol. The summed E-state index contributed by atoms with van der Waals surface area (Å²) in [5.74, 6) is -1.03. The molecule has 1 aromatic rings. The number of carboxylic acid groups (broad SMARTS) is 1. The van der Waals surface area contributed by atoms with E-state index in [4.69, 9.17) is 0 Å². The molecule has 0 spiro atoms. The van der Waals surface area contributed by atoms with Crippen LogP contribution in [-0.4, -0.2) is 39.0 Å². The van der Waals surface area contributed by atoms with Crippen molar-refractivity contribution >= 4 is 23.2 Å². The summed E-state index contributed by atoms with van der Waals surface area (Å²) in [5.41, 5.74) is -0.280. The van der Waals surface area contributed by atoms with E-state index in [0.29, 0.717) is 19.4 Å². The maximum Gasteiger partial charge on any atom is 0.329 e. The topological polar surface area (TPSA) is 70.5 Å². The Bertz CT molecular complexity index is 500. The molecule has 0 bridgehead atoms. The Kier molecular flexibility index (Phi) is 3.89. The van der Waals surface area contributed by atoms with E-state index >= 15 is 0 Å². The van der Waals surface area contributed by atoms with Gasteiger partial charge >= 0.3 is 5.97 Å². The molecule has 0 aromatic carbocycles. The Labute approximate surface area is 116 Å². The molecule has 1 saturated heterocycles. The quantitative estimate of drug-likeness (QED) is 0.915. The molecule has 6 heteroatoms. The van der Waals surface area contributed by atoms with Crippen LogP contribution in [0.25, 0.3) is 0 Å². The number of likely N-dealkylation sites (tertiary alicyclic amines) is 1. The van der Waals surface area contributed by atoms with Crippen LogP contribution in [0.5, 0.6) is 0 Å². The summed E-state index contributed by atoms with van der Waals surface area (Å²) in [7, 11) is 0. The molecule has 0 saturated carbocycles. The van der Waals surface area contributed by atoms with Gasteiger partial charge in [0.1, 0.15) is 5.54 Å². The van der Waals surface area contributed by atoms with Crippen LogP contribution in [0.2, 0.25) is 0 Å². The minimum absolute atomic E-state index is 0.132. The second-order valence-electron chi connectivity index (χ2n) is 4.87. The van der Waals surface area contributed by atoms with Crippen molar-refractivity contribution in [2.24, 2.45) is 0 Å². The molecule has 0 aliphatic carbocycles. The van der Waals surface area contributed by atoms with Crippen molar-refractivity contribution < 1.29 is 14.7 Å². The lowest BCUT2D eigenvalue weighted by Gasteiger charge is -2.33. The molecular weight excluding hydrogens is 264 g/mol. The lowest BCUT2D eigenvalue weighted by Crippen LogP contribution is -2.53. The number of aryl methyl sites for hydroxylation is 1. The average Bonchev–Trinajstić information content (AvgIpc) is 2.95. The summed E-state index contributed by atoms with van der Waals surface area (Å²) in [4.78, 5) is 29.6. The lowest BCUT2D eigenvalue weighted by molar-refractivity contribution is -0.156. The molecule has 1 aromatic heterocycles. The summed E-state index contributed by atoms with van der Waals surface area (Å²) in [6, 6.07) is 0. The van der Waals surface area contributed by atoms with Gasteiger partial charge in [0.2, 0.25) is 5.91 Å². The first-order valence-corrected chi connectivity index (χ1v) is 7.32. The predicted octanol–water partition coefficient (Wildman–Crippen LogP) is 1.85. The summed E-state index contributed by atoms with van der Waals surface area (Å²) in [6.07, 6.45) is 1.94. The lowest BCUT2D eigenvalue weighted by atomic mass is 9.92. The molecule has 2 rings (SSSR count). The van der Waals surface area contributed by atoms with Crippen molar-refractivity contribution in [2.45, 2.75) is 45.1 Å². The van der Waals surface area contributed by atoms with Crippen LogP contribution < -0.4 is 0 Å². The van der Waals surface area contributed by atoms with Crippen LogP contribution in [-0.2, 0) is 16.0 Å². The van der Waals surface area contributed by atoms with Crippen molar-refractivity contribution in [1.82, 2.24) is 9.88 Å². The van der Waals surface area contributed by atoms with Gasteiger partial charge in [-0.05, 0) is 26.2 Å². The van der Waals surface area contributed by atoms with Crippen molar-refractivity contribution in [3.63, 3.8) is 0 Å². The number of carbonyl (C=O) groups excluding carboxylic acids is 1. The van der Waals surface area contributed by atoms with E-state index in [1.165, 1.54) is 16.2 Å². The molecule has 5 nitrogen and oxygen atoms in total. The fourth-order valence-corrected chi connectivity index (χ4v) is 3.34. The van der Waals surface area contributed by atoms with Gasteiger partial charge in [-0.1, -0.05) is 6.92 Å². The van der Waals surface area contributed by atoms with Gasteiger partial charge in [-0.15, -0.1) is 11.3 Å². The number of aromatic nitrogens is 1. The second kappa shape index (κ2) is 5.28. The number of thiazole rings is 1. The SMILES string of the molecule is CCC1(C(=O)O)CCCN1C(=O)Cc1csc(C)n1. The largest absolute Gasteiger partial charge is 0.479 e. The molecule has 0 radical (unpaired) electrons. The van der Waals surface area contributed by atoms with Gasteiger partial charge in [0, 0.05) is 11.9 Å². The fraction of sp³-hybridized carbons (Fsp3) is 0.615.